The van der Waals surface area contributed by atoms with Gasteiger partial charge < -0.3 is 10.0 Å². The first-order valence-electron chi connectivity index (χ1n) is 7.09. The number of amides is 2. The van der Waals surface area contributed by atoms with E-state index in [2.05, 4.69) is 6.92 Å². The molecular weight excluding hydrogens is 288 g/mol. The molecule has 0 spiro atoms. The van der Waals surface area contributed by atoms with E-state index in [4.69, 9.17) is 0 Å². The van der Waals surface area contributed by atoms with Crippen molar-refractivity contribution in [3.8, 4) is 0 Å². The van der Waals surface area contributed by atoms with Crippen LogP contribution in [-0.2, 0) is 4.79 Å². The number of carbonyl (C=O) groups excluding carboxylic acids is 1. The molecule has 6 heteroatoms. The number of urea groups is 1. The van der Waals surface area contributed by atoms with Crippen LogP contribution in [0.3, 0.4) is 0 Å². The van der Waals surface area contributed by atoms with Gasteiger partial charge in [0.25, 0.3) is 0 Å². The molecular formula is C15H20N2O3S. The van der Waals surface area contributed by atoms with Gasteiger partial charge in [-0.05, 0) is 18.6 Å². The summed E-state index contributed by atoms with van der Waals surface area (Å²) in [6.07, 6.45) is 1.87. The van der Waals surface area contributed by atoms with Crippen molar-refractivity contribution in [1.82, 2.24) is 4.90 Å². The molecule has 0 bridgehead atoms. The molecule has 1 aromatic rings. The van der Waals surface area contributed by atoms with Crippen molar-refractivity contribution in [1.29, 1.82) is 0 Å². The fourth-order valence-corrected chi connectivity index (χ4v) is 3.39. The molecule has 0 aliphatic carbocycles. The van der Waals surface area contributed by atoms with E-state index < -0.39 is 12.0 Å². The number of carboxylic acid groups (broad SMARTS) is 1. The second kappa shape index (κ2) is 7.36. The van der Waals surface area contributed by atoms with Gasteiger partial charge >= 0.3 is 12.0 Å². The fraction of sp³-hybridized carbons (Fsp3) is 0.467. The van der Waals surface area contributed by atoms with E-state index in [9.17, 15) is 14.7 Å². The predicted molar refractivity (Wildman–Crippen MR) is 84.7 cm³/mol. The van der Waals surface area contributed by atoms with Gasteiger partial charge in [-0.2, -0.15) is 0 Å². The number of unbranched alkanes of at least 4 members (excludes halogenated alkanes) is 1. The van der Waals surface area contributed by atoms with Crippen LogP contribution < -0.4 is 4.90 Å². The number of hydrogen-bond acceptors (Lipinski definition) is 3. The highest BCUT2D eigenvalue weighted by molar-refractivity contribution is 7.99. The molecule has 1 fully saturated rings. The summed E-state index contributed by atoms with van der Waals surface area (Å²) in [5.41, 5.74) is 0.817. The maximum absolute atomic E-state index is 12.7. The van der Waals surface area contributed by atoms with Gasteiger partial charge in [0.05, 0.1) is 5.88 Å². The van der Waals surface area contributed by atoms with Crippen LogP contribution in [0.25, 0.3) is 0 Å². The highest BCUT2D eigenvalue weighted by atomic mass is 32.2. The SMILES string of the molecule is CCCCN(C(=O)N1CSCC1C(=O)O)c1ccccc1. The molecule has 2 amide bonds. The van der Waals surface area contributed by atoms with Crippen molar-refractivity contribution < 1.29 is 14.7 Å². The molecule has 114 valence electrons. The maximum atomic E-state index is 12.7. The molecule has 0 aromatic heterocycles. The number of aliphatic carboxylic acids is 1. The van der Waals surface area contributed by atoms with Crippen LogP contribution in [0.5, 0.6) is 0 Å². The largest absolute Gasteiger partial charge is 0.480 e. The van der Waals surface area contributed by atoms with Crippen molar-refractivity contribution in [2.24, 2.45) is 0 Å². The topological polar surface area (TPSA) is 60.9 Å². The van der Waals surface area contributed by atoms with Gasteiger partial charge in [0.15, 0.2) is 0 Å². The van der Waals surface area contributed by atoms with Gasteiger partial charge in [0.1, 0.15) is 6.04 Å². The van der Waals surface area contributed by atoms with Crippen LogP contribution in [0.4, 0.5) is 10.5 Å². The second-order valence-electron chi connectivity index (χ2n) is 4.95. The van der Waals surface area contributed by atoms with Gasteiger partial charge in [0.2, 0.25) is 0 Å². The standard InChI is InChI=1S/C15H20N2O3S/c1-2-3-9-16(12-7-5-4-6-8-12)15(20)17-11-21-10-13(17)14(18)19/h4-8,13H,2-3,9-11H2,1H3,(H,18,19). The minimum absolute atomic E-state index is 0.216. The van der Waals surface area contributed by atoms with E-state index in [1.54, 1.807) is 4.90 Å². The first-order chi connectivity index (χ1) is 10.1. The molecule has 1 atom stereocenters. The van der Waals surface area contributed by atoms with Crippen molar-refractivity contribution in [2.45, 2.75) is 25.8 Å². The Hall–Kier alpha value is -1.69. The average molecular weight is 308 g/mol. The summed E-state index contributed by atoms with van der Waals surface area (Å²) in [4.78, 5) is 27.1. The molecule has 0 radical (unpaired) electrons. The quantitative estimate of drug-likeness (QED) is 0.908. The van der Waals surface area contributed by atoms with Crippen LogP contribution >= 0.6 is 11.8 Å². The van der Waals surface area contributed by atoms with Crippen LogP contribution in [-0.4, -0.2) is 46.2 Å². The minimum Gasteiger partial charge on any atom is -0.480 e. The number of benzene rings is 1. The monoisotopic (exact) mass is 308 g/mol. The van der Waals surface area contributed by atoms with E-state index in [-0.39, 0.29) is 6.03 Å². The van der Waals surface area contributed by atoms with Crippen LogP contribution in [0.15, 0.2) is 30.3 Å². The molecule has 2 rings (SSSR count). The molecule has 1 heterocycles. The summed E-state index contributed by atoms with van der Waals surface area (Å²) >= 11 is 1.48. The number of thioether (sulfide) groups is 1. The Morgan fingerprint density at radius 3 is 2.71 bits per heavy atom. The summed E-state index contributed by atoms with van der Waals surface area (Å²) in [6, 6.07) is 8.49. The Morgan fingerprint density at radius 1 is 1.38 bits per heavy atom. The smallest absolute Gasteiger partial charge is 0.327 e. The third kappa shape index (κ3) is 3.69. The normalized spacial score (nSPS) is 17.8. The predicted octanol–water partition coefficient (Wildman–Crippen LogP) is 2.87. The summed E-state index contributed by atoms with van der Waals surface area (Å²) in [5.74, 6) is -0.0419. The highest BCUT2D eigenvalue weighted by Gasteiger charge is 2.37. The van der Waals surface area contributed by atoms with Crippen molar-refractivity contribution in [2.75, 3.05) is 23.1 Å². The second-order valence-corrected chi connectivity index (χ2v) is 5.95. The average Bonchev–Trinajstić information content (AvgIpc) is 2.98. The summed E-state index contributed by atoms with van der Waals surface area (Å²) < 4.78 is 0. The third-order valence-corrected chi connectivity index (χ3v) is 4.46. The van der Waals surface area contributed by atoms with Gasteiger partial charge in [-0.3, -0.25) is 4.90 Å². The Kier molecular flexibility index (Phi) is 5.50. The number of nitrogens with zero attached hydrogens (tertiary/aromatic N) is 2. The molecule has 1 unspecified atom stereocenters. The molecule has 1 aromatic carbocycles. The van der Waals surface area contributed by atoms with Crippen molar-refractivity contribution >= 4 is 29.4 Å². The van der Waals surface area contributed by atoms with Gasteiger partial charge in [-0.15, -0.1) is 11.8 Å². The van der Waals surface area contributed by atoms with E-state index in [0.717, 1.165) is 18.5 Å². The Balaban J connectivity index is 2.20. The van der Waals surface area contributed by atoms with Gasteiger partial charge in [0, 0.05) is 18.0 Å². The molecule has 1 N–H and O–H groups in total. The number of carboxylic acids is 1. The Morgan fingerprint density at radius 2 is 2.10 bits per heavy atom. The van der Waals surface area contributed by atoms with Gasteiger partial charge in [-0.25, -0.2) is 9.59 Å². The number of para-hydroxylation sites is 1. The first-order valence-corrected chi connectivity index (χ1v) is 8.24. The van der Waals surface area contributed by atoms with Crippen LogP contribution in [0.1, 0.15) is 19.8 Å². The van der Waals surface area contributed by atoms with Crippen LogP contribution in [0, 0.1) is 0 Å². The lowest BCUT2D eigenvalue weighted by Gasteiger charge is -2.30. The lowest BCUT2D eigenvalue weighted by Crippen LogP contribution is -2.49. The number of anilines is 1. The molecule has 0 saturated carbocycles. The highest BCUT2D eigenvalue weighted by Crippen LogP contribution is 2.25. The molecule has 5 nitrogen and oxygen atoms in total. The van der Waals surface area contributed by atoms with Crippen molar-refractivity contribution in [3.05, 3.63) is 30.3 Å². The first kappa shape index (κ1) is 15.7. The van der Waals surface area contributed by atoms with E-state index >= 15 is 0 Å². The number of rotatable bonds is 5. The Labute approximate surface area is 128 Å². The lowest BCUT2D eigenvalue weighted by atomic mass is 10.2. The minimum atomic E-state index is -0.933. The van der Waals surface area contributed by atoms with E-state index in [1.807, 2.05) is 30.3 Å². The fourth-order valence-electron chi connectivity index (χ4n) is 2.25. The number of carbonyl (C=O) groups is 2. The van der Waals surface area contributed by atoms with E-state index in [0.29, 0.717) is 18.2 Å². The molecule has 1 saturated heterocycles. The van der Waals surface area contributed by atoms with Crippen LogP contribution in [0.2, 0.25) is 0 Å². The molecule has 21 heavy (non-hydrogen) atoms. The lowest BCUT2D eigenvalue weighted by molar-refractivity contribution is -0.140. The summed E-state index contributed by atoms with van der Waals surface area (Å²) in [7, 11) is 0. The van der Waals surface area contributed by atoms with Gasteiger partial charge in [-0.1, -0.05) is 31.5 Å². The maximum Gasteiger partial charge on any atom is 0.327 e. The summed E-state index contributed by atoms with van der Waals surface area (Å²) in [5, 5.41) is 9.24. The van der Waals surface area contributed by atoms with Crippen molar-refractivity contribution in [3.63, 3.8) is 0 Å². The summed E-state index contributed by atoms with van der Waals surface area (Å²) in [6.45, 7) is 2.67. The zero-order valence-corrected chi connectivity index (χ0v) is 12.9. The zero-order valence-electron chi connectivity index (χ0n) is 12.1. The molecule has 1 aliphatic rings. The Bertz CT molecular complexity index is 495. The van der Waals surface area contributed by atoms with E-state index in [1.165, 1.54) is 16.7 Å². The number of hydrogen-bond donors (Lipinski definition) is 1. The zero-order chi connectivity index (χ0) is 15.2. The molecule has 1 aliphatic heterocycles. The third-order valence-electron chi connectivity index (χ3n) is 3.45.